The van der Waals surface area contributed by atoms with Crippen molar-refractivity contribution in [3.63, 3.8) is 0 Å². The summed E-state index contributed by atoms with van der Waals surface area (Å²) in [4.78, 5) is 50.7. The molecule has 1 aromatic heterocycles. The molecule has 2 unspecified atom stereocenters. The lowest BCUT2D eigenvalue weighted by Crippen LogP contribution is -2.34. The minimum Gasteiger partial charge on any atom is -0.392 e. The first kappa shape index (κ1) is 28.0. The van der Waals surface area contributed by atoms with Gasteiger partial charge in [-0.3, -0.25) is 9.09 Å². The van der Waals surface area contributed by atoms with Gasteiger partial charge in [0.25, 0.3) is 0 Å². The summed E-state index contributed by atoms with van der Waals surface area (Å²) in [6.45, 7) is -1.15. The zero-order chi connectivity index (χ0) is 24.0. The van der Waals surface area contributed by atoms with E-state index in [1.807, 2.05) is 0 Å². The van der Waals surface area contributed by atoms with Gasteiger partial charge in [-0.2, -0.15) is 13.6 Å². The maximum absolute atomic E-state index is 11.8. The smallest absolute Gasteiger partial charge is 0.392 e. The quantitative estimate of drug-likeness (QED) is 0.151. The molecule has 0 aromatic carbocycles. The van der Waals surface area contributed by atoms with E-state index in [1.165, 1.54) is 13.2 Å². The van der Waals surface area contributed by atoms with Crippen LogP contribution in [0.3, 0.4) is 0 Å². The highest BCUT2D eigenvalue weighted by Gasteiger charge is 2.41. The van der Waals surface area contributed by atoms with Crippen LogP contribution in [-0.4, -0.2) is 65.8 Å². The van der Waals surface area contributed by atoms with Gasteiger partial charge in [-0.1, -0.05) is 0 Å². The van der Waals surface area contributed by atoms with Gasteiger partial charge in [0.15, 0.2) is 0 Å². The number of aliphatic hydroxyl groups excluding tert-OH is 2. The zero-order valence-electron chi connectivity index (χ0n) is 15.8. The van der Waals surface area contributed by atoms with E-state index in [0.29, 0.717) is 0 Å². The number of nitrogens with two attached hydrogens (primary N) is 1. The third-order valence-electron chi connectivity index (χ3n) is 3.42. The van der Waals surface area contributed by atoms with Crippen LogP contribution in [0.25, 0.3) is 0 Å². The molecule has 180 valence electrons. The van der Waals surface area contributed by atoms with Crippen LogP contribution in [0.4, 0.5) is 5.82 Å². The first-order valence-corrected chi connectivity index (χ1v) is 12.6. The second kappa shape index (κ2) is 11.2. The van der Waals surface area contributed by atoms with Gasteiger partial charge < -0.3 is 40.3 Å². The maximum atomic E-state index is 11.8. The van der Waals surface area contributed by atoms with E-state index < -0.39 is 60.4 Å². The highest BCUT2D eigenvalue weighted by molar-refractivity contribution is 7.66. The molecule has 0 amide bonds. The Bertz CT molecular complexity index is 934. The molecule has 31 heavy (non-hydrogen) atoms. The molecule has 0 saturated carbocycles. The Morgan fingerprint density at radius 2 is 1.71 bits per heavy atom. The molecule has 1 heterocycles. The van der Waals surface area contributed by atoms with Crippen molar-refractivity contribution < 1.29 is 61.4 Å². The number of phosphoric acid groups is 3. The topological polar surface area (TPSA) is 270 Å². The molecule has 1 aromatic rings. The van der Waals surface area contributed by atoms with Gasteiger partial charge in [-0.25, -0.2) is 18.5 Å². The molecule has 0 aliphatic heterocycles. The predicted octanol–water partition coefficient (Wildman–Crippen LogP) is -1.33. The number of nitrogens with zero attached hydrogens (tertiary/aromatic N) is 2. The van der Waals surface area contributed by atoms with Crippen LogP contribution in [0, 0.1) is 5.92 Å². The normalized spacial score (nSPS) is 19.2. The van der Waals surface area contributed by atoms with Crippen molar-refractivity contribution in [3.05, 3.63) is 22.7 Å². The molecular weight excluding hydrogens is 491 g/mol. The van der Waals surface area contributed by atoms with E-state index in [1.54, 1.807) is 0 Å². The number of methoxy groups -OCH3 is 1. The van der Waals surface area contributed by atoms with Crippen molar-refractivity contribution in [2.75, 3.05) is 26.1 Å². The molecule has 0 spiro atoms. The van der Waals surface area contributed by atoms with Crippen molar-refractivity contribution in [3.8, 4) is 0 Å². The monoisotopic (exact) mass is 513 g/mol. The number of hydrogen-bond acceptors (Lipinski definition) is 12. The van der Waals surface area contributed by atoms with Crippen LogP contribution in [0.2, 0.25) is 0 Å². The lowest BCUT2D eigenvalue weighted by atomic mass is 10.0. The summed E-state index contributed by atoms with van der Waals surface area (Å²) in [7, 11) is -15.5. The van der Waals surface area contributed by atoms with Gasteiger partial charge in [0.2, 0.25) is 0 Å². The number of aromatic nitrogens is 2. The Labute approximate surface area is 174 Å². The molecule has 0 aliphatic rings. The molecule has 1 rings (SSSR count). The molecule has 0 aliphatic carbocycles. The Kier molecular flexibility index (Phi) is 10.1. The average molecular weight is 513 g/mol. The van der Waals surface area contributed by atoms with E-state index in [0.717, 1.165) is 10.8 Å². The molecule has 20 heteroatoms. The van der Waals surface area contributed by atoms with Crippen LogP contribution in [0.5, 0.6) is 0 Å². The van der Waals surface area contributed by atoms with Gasteiger partial charge >= 0.3 is 29.2 Å². The molecule has 0 radical (unpaired) electrons. The summed E-state index contributed by atoms with van der Waals surface area (Å²) < 4.78 is 50.8. The van der Waals surface area contributed by atoms with Crippen LogP contribution in [0.15, 0.2) is 17.1 Å². The van der Waals surface area contributed by atoms with E-state index >= 15 is 0 Å². The van der Waals surface area contributed by atoms with Crippen LogP contribution in [0.1, 0.15) is 12.6 Å². The van der Waals surface area contributed by atoms with Crippen LogP contribution >= 0.6 is 23.5 Å². The van der Waals surface area contributed by atoms with Crippen molar-refractivity contribution >= 4 is 29.3 Å². The molecule has 5 atom stereocenters. The molecular formula is C11H22N3O14P3. The van der Waals surface area contributed by atoms with Crippen LogP contribution in [-0.2, 0) is 31.6 Å². The zero-order valence-corrected chi connectivity index (χ0v) is 18.5. The predicted molar refractivity (Wildman–Crippen MR) is 100.0 cm³/mol. The summed E-state index contributed by atoms with van der Waals surface area (Å²) in [6.07, 6.45) is -2.47. The fourth-order valence-corrected chi connectivity index (χ4v) is 5.23. The summed E-state index contributed by atoms with van der Waals surface area (Å²) in [6, 6.07) is 1.22. The molecule has 8 N–H and O–H groups in total. The fraction of sp³-hybridized carbons (Fsp3) is 0.636. The molecule has 0 fully saturated rings. The largest absolute Gasteiger partial charge is 0.490 e. The van der Waals surface area contributed by atoms with Gasteiger partial charge in [0, 0.05) is 25.6 Å². The van der Waals surface area contributed by atoms with Gasteiger partial charge in [-0.05, 0) is 6.07 Å². The number of phosphoric ester groups is 1. The van der Waals surface area contributed by atoms with Gasteiger partial charge in [-0.15, -0.1) is 0 Å². The number of rotatable bonds is 13. The molecule has 0 bridgehead atoms. The third-order valence-corrected chi connectivity index (χ3v) is 7.22. The average Bonchev–Trinajstić information content (AvgIpc) is 2.54. The van der Waals surface area contributed by atoms with Gasteiger partial charge in [0.05, 0.1) is 19.3 Å². The van der Waals surface area contributed by atoms with Gasteiger partial charge in [0.1, 0.15) is 12.0 Å². The second-order valence-corrected chi connectivity index (χ2v) is 10.3. The second-order valence-electron chi connectivity index (χ2n) is 5.93. The van der Waals surface area contributed by atoms with E-state index in [2.05, 4.69) is 18.1 Å². The standard InChI is InChI=1S/C11H22N3O14P3/c1-25-5-7(6-26-30(21,22)28-31(23,24)27-29(18,19)20)8(15)4-10(16)14-3-2-9(12)13-11(14)17/h2-3,7-8,10,15-16H,4-6H2,1H3,(H,21,22)(H,23,24)(H2,12,13,17)(H2,18,19,20)/t7-,8+,10+/m0/s1. The lowest BCUT2D eigenvalue weighted by Gasteiger charge is -2.25. The van der Waals surface area contributed by atoms with Crippen molar-refractivity contribution in [1.29, 1.82) is 0 Å². The fourth-order valence-electron chi connectivity index (χ4n) is 2.15. The molecule has 0 saturated heterocycles. The number of ether oxygens (including phenoxy) is 1. The number of anilines is 1. The summed E-state index contributed by atoms with van der Waals surface area (Å²) >= 11 is 0. The number of aliphatic hydroxyl groups is 2. The summed E-state index contributed by atoms with van der Waals surface area (Å²) in [5.41, 5.74) is 4.43. The first-order chi connectivity index (χ1) is 14.1. The molecule has 17 nitrogen and oxygen atoms in total. The van der Waals surface area contributed by atoms with Crippen molar-refractivity contribution in [1.82, 2.24) is 9.55 Å². The van der Waals surface area contributed by atoms with E-state index in [4.69, 9.17) is 25.2 Å². The Hall–Kier alpha value is -1.03. The SMILES string of the molecule is COC[C@@H](COP(=O)(O)OP(=O)(O)OP(=O)(O)O)[C@H](O)C[C@@H](O)n1ccc(N)nc1=O. The highest BCUT2D eigenvalue weighted by Crippen LogP contribution is 2.66. The lowest BCUT2D eigenvalue weighted by molar-refractivity contribution is -0.0269. The number of nitrogen functional groups attached to an aromatic ring is 1. The Morgan fingerprint density at radius 3 is 2.23 bits per heavy atom. The minimum atomic E-state index is -5.70. The summed E-state index contributed by atoms with van der Waals surface area (Å²) in [5.74, 6) is -1.23. The number of hydrogen-bond donors (Lipinski definition) is 7. The minimum absolute atomic E-state index is 0.0951. The Balaban J connectivity index is 2.80. The highest BCUT2D eigenvalue weighted by atomic mass is 31.3. The van der Waals surface area contributed by atoms with Crippen molar-refractivity contribution in [2.24, 2.45) is 5.92 Å². The summed E-state index contributed by atoms with van der Waals surface area (Å²) in [5, 5.41) is 20.4. The van der Waals surface area contributed by atoms with E-state index in [-0.39, 0.29) is 12.4 Å². The third kappa shape index (κ3) is 10.4. The first-order valence-electron chi connectivity index (χ1n) is 8.03. The van der Waals surface area contributed by atoms with Crippen molar-refractivity contribution in [2.45, 2.75) is 18.8 Å². The Morgan fingerprint density at radius 1 is 1.10 bits per heavy atom. The van der Waals surface area contributed by atoms with E-state index in [9.17, 15) is 33.6 Å². The maximum Gasteiger partial charge on any atom is 0.490 e. The van der Waals surface area contributed by atoms with Crippen LogP contribution < -0.4 is 11.4 Å².